The molecule has 4 N–H and O–H groups in total. The van der Waals surface area contributed by atoms with Gasteiger partial charge in [0.05, 0.1) is 5.92 Å². The van der Waals surface area contributed by atoms with Gasteiger partial charge in [0.1, 0.15) is 5.54 Å². The molecule has 0 aromatic rings. The van der Waals surface area contributed by atoms with E-state index >= 15 is 0 Å². The Morgan fingerprint density at radius 3 is 2.24 bits per heavy atom. The van der Waals surface area contributed by atoms with Crippen LogP contribution >= 0.6 is 0 Å². The van der Waals surface area contributed by atoms with E-state index in [4.69, 9.17) is 5.73 Å². The van der Waals surface area contributed by atoms with E-state index in [1.165, 1.54) is 4.90 Å². The van der Waals surface area contributed by atoms with Gasteiger partial charge in [-0.2, -0.15) is 0 Å². The molecule has 1 saturated heterocycles. The van der Waals surface area contributed by atoms with Gasteiger partial charge in [0.2, 0.25) is 5.91 Å². The number of carboxylic acids is 1. The first-order chi connectivity index (χ1) is 9.94. The Morgan fingerprint density at radius 1 is 1.14 bits per heavy atom. The zero-order valence-electron chi connectivity index (χ0n) is 12.1. The standard InChI is InChI=1S/C14H23N3O4/c15-11(18)10-5-8-17(9-10)13(21)16-14(12(19)20)6-3-1-2-4-7-14/h10H,1-9H2,(H2,15,18)(H,16,21)(H,19,20). The average molecular weight is 297 g/mol. The lowest BCUT2D eigenvalue weighted by molar-refractivity contribution is -0.145. The first kappa shape index (κ1) is 15.6. The number of hydrogen-bond donors (Lipinski definition) is 3. The molecule has 2 fully saturated rings. The molecule has 0 aromatic heterocycles. The van der Waals surface area contributed by atoms with Crippen LogP contribution < -0.4 is 11.1 Å². The van der Waals surface area contributed by atoms with Crippen LogP contribution in [0.1, 0.15) is 44.9 Å². The van der Waals surface area contributed by atoms with E-state index in [0.717, 1.165) is 25.7 Å². The van der Waals surface area contributed by atoms with Crippen LogP contribution in [0.25, 0.3) is 0 Å². The molecule has 2 aliphatic rings. The minimum absolute atomic E-state index is 0.275. The van der Waals surface area contributed by atoms with E-state index < -0.39 is 23.4 Å². The summed E-state index contributed by atoms with van der Waals surface area (Å²) in [6.07, 6.45) is 5.06. The van der Waals surface area contributed by atoms with E-state index in [9.17, 15) is 19.5 Å². The highest BCUT2D eigenvalue weighted by Gasteiger charge is 2.42. The van der Waals surface area contributed by atoms with Crippen molar-refractivity contribution in [1.82, 2.24) is 10.2 Å². The minimum atomic E-state index is -1.17. The fraction of sp³-hybridized carbons (Fsp3) is 0.786. The monoisotopic (exact) mass is 297 g/mol. The van der Waals surface area contributed by atoms with E-state index in [-0.39, 0.29) is 12.5 Å². The summed E-state index contributed by atoms with van der Waals surface area (Å²) in [4.78, 5) is 36.6. The summed E-state index contributed by atoms with van der Waals surface area (Å²) >= 11 is 0. The molecule has 1 heterocycles. The van der Waals surface area contributed by atoms with Crippen LogP contribution in [0.2, 0.25) is 0 Å². The van der Waals surface area contributed by atoms with Crippen molar-refractivity contribution in [1.29, 1.82) is 0 Å². The molecule has 0 bridgehead atoms. The van der Waals surface area contributed by atoms with Crippen LogP contribution in [0, 0.1) is 5.92 Å². The van der Waals surface area contributed by atoms with Crippen LogP contribution in [-0.4, -0.2) is 46.5 Å². The van der Waals surface area contributed by atoms with Crippen molar-refractivity contribution in [2.75, 3.05) is 13.1 Å². The van der Waals surface area contributed by atoms with E-state index in [1.54, 1.807) is 0 Å². The molecule has 0 spiro atoms. The van der Waals surface area contributed by atoms with Crippen molar-refractivity contribution >= 4 is 17.9 Å². The maximum atomic E-state index is 12.3. The summed E-state index contributed by atoms with van der Waals surface area (Å²) in [5.74, 6) is -1.71. The molecule has 7 heteroatoms. The van der Waals surface area contributed by atoms with Crippen LogP contribution in [0.5, 0.6) is 0 Å². The van der Waals surface area contributed by atoms with Crippen molar-refractivity contribution in [3.05, 3.63) is 0 Å². The number of carbonyl (C=O) groups is 3. The Morgan fingerprint density at radius 2 is 1.76 bits per heavy atom. The lowest BCUT2D eigenvalue weighted by Crippen LogP contribution is -2.57. The largest absolute Gasteiger partial charge is 0.480 e. The Hall–Kier alpha value is -1.79. The lowest BCUT2D eigenvalue weighted by Gasteiger charge is -2.31. The van der Waals surface area contributed by atoms with Gasteiger partial charge in [-0.25, -0.2) is 9.59 Å². The minimum Gasteiger partial charge on any atom is -0.480 e. The predicted octanol–water partition coefficient (Wildman–Crippen LogP) is 0.681. The van der Waals surface area contributed by atoms with Crippen molar-refractivity contribution in [2.24, 2.45) is 11.7 Å². The number of rotatable bonds is 3. The lowest BCUT2D eigenvalue weighted by atomic mass is 9.90. The highest BCUT2D eigenvalue weighted by atomic mass is 16.4. The Kier molecular flexibility index (Phi) is 4.69. The molecular weight excluding hydrogens is 274 g/mol. The Bertz CT molecular complexity index is 430. The fourth-order valence-electron chi connectivity index (χ4n) is 3.19. The normalized spacial score (nSPS) is 25.1. The van der Waals surface area contributed by atoms with Crippen LogP contribution in [-0.2, 0) is 9.59 Å². The smallest absolute Gasteiger partial charge is 0.329 e. The van der Waals surface area contributed by atoms with Gasteiger partial charge >= 0.3 is 12.0 Å². The van der Waals surface area contributed by atoms with Gasteiger partial charge in [-0.1, -0.05) is 25.7 Å². The summed E-state index contributed by atoms with van der Waals surface area (Å²) in [6, 6.07) is -0.400. The first-order valence-corrected chi connectivity index (χ1v) is 7.54. The van der Waals surface area contributed by atoms with Gasteiger partial charge < -0.3 is 21.1 Å². The number of hydrogen-bond acceptors (Lipinski definition) is 3. The highest BCUT2D eigenvalue weighted by Crippen LogP contribution is 2.28. The molecule has 0 aromatic carbocycles. The zero-order valence-corrected chi connectivity index (χ0v) is 12.1. The molecule has 3 amide bonds. The zero-order chi connectivity index (χ0) is 15.5. The van der Waals surface area contributed by atoms with Gasteiger partial charge in [-0.15, -0.1) is 0 Å². The molecule has 1 aliphatic heterocycles. The van der Waals surface area contributed by atoms with Gasteiger partial charge in [0.25, 0.3) is 0 Å². The summed E-state index contributed by atoms with van der Waals surface area (Å²) in [6.45, 7) is 0.714. The molecule has 7 nitrogen and oxygen atoms in total. The maximum Gasteiger partial charge on any atom is 0.329 e. The number of urea groups is 1. The van der Waals surface area contributed by atoms with Crippen molar-refractivity contribution in [2.45, 2.75) is 50.5 Å². The number of carboxylic acid groups (broad SMARTS) is 1. The van der Waals surface area contributed by atoms with Crippen LogP contribution in [0.15, 0.2) is 0 Å². The molecule has 1 aliphatic carbocycles. The molecule has 1 unspecified atom stereocenters. The molecule has 2 rings (SSSR count). The summed E-state index contributed by atoms with van der Waals surface area (Å²) < 4.78 is 0. The third kappa shape index (κ3) is 3.46. The summed E-state index contributed by atoms with van der Waals surface area (Å²) in [5, 5.41) is 12.2. The highest BCUT2D eigenvalue weighted by molar-refractivity contribution is 5.87. The van der Waals surface area contributed by atoms with E-state index in [1.807, 2.05) is 0 Å². The molecule has 1 saturated carbocycles. The fourth-order valence-corrected chi connectivity index (χ4v) is 3.19. The summed E-state index contributed by atoms with van der Waals surface area (Å²) in [5.41, 5.74) is 4.08. The number of aliphatic carboxylic acids is 1. The van der Waals surface area contributed by atoms with Crippen molar-refractivity contribution < 1.29 is 19.5 Å². The number of likely N-dealkylation sites (tertiary alicyclic amines) is 1. The van der Waals surface area contributed by atoms with E-state index in [2.05, 4.69) is 5.32 Å². The molecule has 118 valence electrons. The third-order valence-electron chi connectivity index (χ3n) is 4.59. The van der Waals surface area contributed by atoms with Gasteiger partial charge in [0, 0.05) is 13.1 Å². The predicted molar refractivity (Wildman–Crippen MR) is 75.5 cm³/mol. The third-order valence-corrected chi connectivity index (χ3v) is 4.59. The number of nitrogens with zero attached hydrogens (tertiary/aromatic N) is 1. The number of nitrogens with one attached hydrogen (secondary N) is 1. The van der Waals surface area contributed by atoms with Crippen LogP contribution in [0.3, 0.4) is 0 Å². The summed E-state index contributed by atoms with van der Waals surface area (Å²) in [7, 11) is 0. The first-order valence-electron chi connectivity index (χ1n) is 7.54. The van der Waals surface area contributed by atoms with Gasteiger partial charge in [-0.05, 0) is 19.3 Å². The SMILES string of the molecule is NC(=O)C1CCN(C(=O)NC2(C(=O)O)CCCCCC2)C1. The number of amides is 3. The second kappa shape index (κ2) is 6.32. The number of carbonyl (C=O) groups excluding carboxylic acids is 2. The van der Waals surface area contributed by atoms with Crippen molar-refractivity contribution in [3.8, 4) is 0 Å². The molecule has 1 atom stereocenters. The van der Waals surface area contributed by atoms with Gasteiger partial charge in [-0.3, -0.25) is 4.79 Å². The van der Waals surface area contributed by atoms with Gasteiger partial charge in [0.15, 0.2) is 0 Å². The Balaban J connectivity index is 2.02. The topological polar surface area (TPSA) is 113 Å². The van der Waals surface area contributed by atoms with E-state index in [0.29, 0.717) is 25.8 Å². The second-order valence-electron chi connectivity index (χ2n) is 6.07. The average Bonchev–Trinajstić information content (AvgIpc) is 2.81. The number of primary amides is 1. The second-order valence-corrected chi connectivity index (χ2v) is 6.07. The Labute approximate surface area is 123 Å². The maximum absolute atomic E-state index is 12.3. The number of nitrogens with two attached hydrogens (primary N) is 1. The van der Waals surface area contributed by atoms with Crippen molar-refractivity contribution in [3.63, 3.8) is 0 Å². The molecule has 0 radical (unpaired) electrons. The van der Waals surface area contributed by atoms with Crippen LogP contribution in [0.4, 0.5) is 4.79 Å². The quantitative estimate of drug-likeness (QED) is 0.665. The molecular formula is C14H23N3O4. The molecule has 21 heavy (non-hydrogen) atoms.